The van der Waals surface area contributed by atoms with Gasteiger partial charge in [0.15, 0.2) is 5.13 Å². The van der Waals surface area contributed by atoms with E-state index in [9.17, 15) is 9.59 Å². The number of benzene rings is 4. The largest absolute Gasteiger partial charge is 0.326 e. The highest BCUT2D eigenvalue weighted by Gasteiger charge is 2.23. The van der Waals surface area contributed by atoms with Crippen molar-refractivity contribution in [3.8, 4) is 11.3 Å². The molecule has 5 aromatic rings. The van der Waals surface area contributed by atoms with E-state index in [-0.39, 0.29) is 11.8 Å². The highest BCUT2D eigenvalue weighted by molar-refractivity contribution is 8.00. The molecule has 1 atom stereocenters. The first-order chi connectivity index (χ1) is 19.1. The average molecular weight is 552 g/mol. The number of amides is 2. The maximum absolute atomic E-state index is 13.5. The van der Waals surface area contributed by atoms with Crippen LogP contribution in [-0.4, -0.2) is 16.8 Å². The summed E-state index contributed by atoms with van der Waals surface area (Å²) in [4.78, 5) is 31.2. The number of thioether (sulfide) groups is 1. The molecular weight excluding hydrogens is 523 g/mol. The van der Waals surface area contributed by atoms with Crippen LogP contribution in [0.3, 0.4) is 0 Å². The molecule has 0 aliphatic carbocycles. The lowest BCUT2D eigenvalue weighted by atomic mass is 10.1. The Hall–Kier alpha value is -3.94. The standard InChI is InChI=1S/C32H29N3O2S2/c1-2-3-13-29(36)33-26-16-18-27(19-17-26)39-30(23-10-5-4-6-11-23)31(37)35-32-34-28(21-38-32)25-15-14-22-9-7-8-12-24(22)20-25/h4-12,14-21,30H,2-3,13H2,1H3,(H,33,36)(H,34,35,37). The molecule has 0 bridgehead atoms. The van der Waals surface area contributed by atoms with Crippen LogP contribution < -0.4 is 10.6 Å². The Morgan fingerprint density at radius 1 is 0.872 bits per heavy atom. The number of thiazole rings is 1. The van der Waals surface area contributed by atoms with Gasteiger partial charge in [-0.1, -0.05) is 80.1 Å². The number of rotatable bonds is 10. The van der Waals surface area contributed by atoms with Gasteiger partial charge in [0.2, 0.25) is 11.8 Å². The lowest BCUT2D eigenvalue weighted by Gasteiger charge is -2.16. The lowest BCUT2D eigenvalue weighted by Crippen LogP contribution is -2.19. The molecule has 0 fully saturated rings. The number of anilines is 2. The molecule has 5 rings (SSSR count). The number of fused-ring (bicyclic) bond motifs is 1. The summed E-state index contributed by atoms with van der Waals surface area (Å²) in [6.07, 6.45) is 2.37. The van der Waals surface area contributed by atoms with Crippen molar-refractivity contribution in [2.75, 3.05) is 10.6 Å². The second-order valence-corrected chi connectivity index (χ2v) is 11.2. The van der Waals surface area contributed by atoms with Gasteiger partial charge in [-0.05, 0) is 53.1 Å². The van der Waals surface area contributed by atoms with Gasteiger partial charge in [0.05, 0.1) is 5.69 Å². The fraction of sp³-hybridized carbons (Fsp3) is 0.156. The lowest BCUT2D eigenvalue weighted by molar-refractivity contribution is -0.116. The topological polar surface area (TPSA) is 71.1 Å². The van der Waals surface area contributed by atoms with Crippen LogP contribution in [-0.2, 0) is 9.59 Å². The zero-order valence-corrected chi connectivity index (χ0v) is 23.2. The maximum atomic E-state index is 13.5. The van der Waals surface area contributed by atoms with Crippen molar-refractivity contribution < 1.29 is 9.59 Å². The molecule has 4 aromatic carbocycles. The van der Waals surface area contributed by atoms with Gasteiger partial charge in [-0.3, -0.25) is 9.59 Å². The summed E-state index contributed by atoms with van der Waals surface area (Å²) >= 11 is 2.88. The molecule has 0 aliphatic rings. The normalized spacial score (nSPS) is 11.7. The minimum Gasteiger partial charge on any atom is -0.326 e. The summed E-state index contributed by atoms with van der Waals surface area (Å²) in [5.41, 5.74) is 3.51. The summed E-state index contributed by atoms with van der Waals surface area (Å²) in [6, 6.07) is 31.9. The molecule has 0 radical (unpaired) electrons. The number of hydrogen-bond acceptors (Lipinski definition) is 5. The molecule has 1 heterocycles. The number of nitrogens with one attached hydrogen (secondary N) is 2. The monoisotopic (exact) mass is 551 g/mol. The van der Waals surface area contributed by atoms with Crippen molar-refractivity contribution in [2.45, 2.75) is 36.3 Å². The van der Waals surface area contributed by atoms with Crippen LogP contribution in [0.15, 0.2) is 107 Å². The third kappa shape index (κ3) is 6.93. The van der Waals surface area contributed by atoms with Gasteiger partial charge < -0.3 is 10.6 Å². The molecule has 1 aromatic heterocycles. The Bertz CT molecular complexity index is 1570. The van der Waals surface area contributed by atoms with E-state index in [4.69, 9.17) is 4.98 Å². The molecule has 0 aliphatic heterocycles. The summed E-state index contributed by atoms with van der Waals surface area (Å²) in [5, 5.41) is 10.4. The minimum atomic E-state index is -0.468. The molecule has 0 saturated heterocycles. The van der Waals surface area contributed by atoms with Crippen LogP contribution >= 0.6 is 23.1 Å². The van der Waals surface area contributed by atoms with E-state index in [0.717, 1.165) is 45.6 Å². The zero-order chi connectivity index (χ0) is 27.0. The Kier molecular flexibility index (Phi) is 8.71. The average Bonchev–Trinajstić information content (AvgIpc) is 3.44. The molecule has 39 heavy (non-hydrogen) atoms. The van der Waals surface area contributed by atoms with Crippen molar-refractivity contribution in [3.05, 3.63) is 108 Å². The van der Waals surface area contributed by atoms with Crippen LogP contribution in [0.1, 0.15) is 37.0 Å². The molecule has 2 N–H and O–H groups in total. The highest BCUT2D eigenvalue weighted by atomic mass is 32.2. The van der Waals surface area contributed by atoms with Crippen molar-refractivity contribution in [3.63, 3.8) is 0 Å². The van der Waals surface area contributed by atoms with Crippen molar-refractivity contribution >= 4 is 56.5 Å². The van der Waals surface area contributed by atoms with E-state index in [1.54, 1.807) is 0 Å². The molecule has 5 nitrogen and oxygen atoms in total. The van der Waals surface area contributed by atoms with Crippen LogP contribution in [0.5, 0.6) is 0 Å². The van der Waals surface area contributed by atoms with Crippen LogP contribution in [0.4, 0.5) is 10.8 Å². The van der Waals surface area contributed by atoms with E-state index in [1.807, 2.05) is 72.1 Å². The van der Waals surface area contributed by atoms with Crippen LogP contribution in [0.2, 0.25) is 0 Å². The first-order valence-corrected chi connectivity index (χ1v) is 14.7. The van der Waals surface area contributed by atoms with Crippen LogP contribution in [0, 0.1) is 0 Å². The number of carbonyl (C=O) groups is 2. The Balaban J connectivity index is 1.30. The quantitative estimate of drug-likeness (QED) is 0.171. The summed E-state index contributed by atoms with van der Waals surface area (Å²) in [6.45, 7) is 2.07. The predicted octanol–water partition coefficient (Wildman–Crippen LogP) is 8.56. The Morgan fingerprint density at radius 3 is 2.38 bits per heavy atom. The summed E-state index contributed by atoms with van der Waals surface area (Å²) in [7, 11) is 0. The number of hydrogen-bond donors (Lipinski definition) is 2. The second kappa shape index (κ2) is 12.7. The van der Waals surface area contributed by atoms with Gasteiger partial charge in [0.1, 0.15) is 5.25 Å². The van der Waals surface area contributed by atoms with Gasteiger partial charge in [-0.15, -0.1) is 23.1 Å². The van der Waals surface area contributed by atoms with E-state index >= 15 is 0 Å². The molecular formula is C32H29N3O2S2. The Labute approximate surface area is 236 Å². The van der Waals surface area contributed by atoms with E-state index in [1.165, 1.54) is 28.5 Å². The fourth-order valence-corrected chi connectivity index (χ4v) is 5.95. The zero-order valence-electron chi connectivity index (χ0n) is 21.6. The molecule has 2 amide bonds. The molecule has 1 unspecified atom stereocenters. The van der Waals surface area contributed by atoms with Gasteiger partial charge in [-0.25, -0.2) is 4.98 Å². The van der Waals surface area contributed by atoms with Crippen molar-refractivity contribution in [1.29, 1.82) is 0 Å². The minimum absolute atomic E-state index is 0.0188. The first-order valence-electron chi connectivity index (χ1n) is 13.0. The smallest absolute Gasteiger partial charge is 0.244 e. The van der Waals surface area contributed by atoms with Gasteiger partial charge >= 0.3 is 0 Å². The van der Waals surface area contributed by atoms with E-state index < -0.39 is 5.25 Å². The highest BCUT2D eigenvalue weighted by Crippen LogP contribution is 2.37. The molecule has 7 heteroatoms. The molecule has 196 valence electrons. The second-order valence-electron chi connectivity index (χ2n) is 9.17. The number of unbranched alkanes of at least 4 members (excludes halogenated alkanes) is 1. The third-order valence-electron chi connectivity index (χ3n) is 6.27. The van der Waals surface area contributed by atoms with Crippen molar-refractivity contribution in [1.82, 2.24) is 4.98 Å². The predicted molar refractivity (Wildman–Crippen MR) is 163 cm³/mol. The van der Waals surface area contributed by atoms with Crippen LogP contribution in [0.25, 0.3) is 22.0 Å². The van der Waals surface area contributed by atoms with Gasteiger partial charge in [0.25, 0.3) is 0 Å². The Morgan fingerprint density at radius 2 is 1.62 bits per heavy atom. The molecule has 0 saturated carbocycles. The number of carbonyl (C=O) groups excluding carboxylic acids is 2. The fourth-order valence-electron chi connectivity index (χ4n) is 4.20. The van der Waals surface area contributed by atoms with Gasteiger partial charge in [0, 0.05) is 27.9 Å². The third-order valence-corrected chi connectivity index (χ3v) is 8.29. The first kappa shape index (κ1) is 26.7. The molecule has 0 spiro atoms. The van der Waals surface area contributed by atoms with E-state index in [2.05, 4.69) is 47.9 Å². The van der Waals surface area contributed by atoms with Crippen molar-refractivity contribution in [2.24, 2.45) is 0 Å². The number of aromatic nitrogens is 1. The summed E-state index contributed by atoms with van der Waals surface area (Å²) < 4.78 is 0. The maximum Gasteiger partial charge on any atom is 0.244 e. The van der Waals surface area contributed by atoms with Gasteiger partial charge in [-0.2, -0.15) is 0 Å². The SMILES string of the molecule is CCCCC(=O)Nc1ccc(SC(C(=O)Nc2nc(-c3ccc4ccccc4c3)cs2)c2ccccc2)cc1. The summed E-state index contributed by atoms with van der Waals surface area (Å²) in [5.74, 6) is -0.118. The number of nitrogens with zero attached hydrogens (tertiary/aromatic N) is 1. The van der Waals surface area contributed by atoms with E-state index in [0.29, 0.717) is 11.6 Å².